The molecule has 0 aromatic rings. The van der Waals surface area contributed by atoms with Crippen molar-refractivity contribution in [2.45, 2.75) is 219 Å². The average Bonchev–Trinajstić information content (AvgIpc) is 3.09. The molecule has 0 saturated heterocycles. The van der Waals surface area contributed by atoms with E-state index in [1.165, 1.54) is 141 Å². The normalized spacial score (nSPS) is 14.5. The Morgan fingerprint density at radius 3 is 1.50 bits per heavy atom. The van der Waals surface area contributed by atoms with Crippen LogP contribution in [0.15, 0.2) is 12.2 Å². The van der Waals surface area contributed by atoms with E-state index in [-0.39, 0.29) is 19.1 Å². The van der Waals surface area contributed by atoms with E-state index in [0.717, 1.165) is 38.5 Å². The summed E-state index contributed by atoms with van der Waals surface area (Å²) in [7, 11) is 1.31. The number of hydrogen-bond acceptors (Lipinski definition) is 6. The molecule has 52 heavy (non-hydrogen) atoms. The Morgan fingerprint density at radius 2 is 1.06 bits per heavy atom. The molecule has 0 rings (SSSR count). The van der Waals surface area contributed by atoms with Crippen molar-refractivity contribution in [2.24, 2.45) is 0 Å². The molecule has 3 atom stereocenters. The fourth-order valence-corrected chi connectivity index (χ4v) is 7.17. The molecule has 0 aliphatic heterocycles. The van der Waals surface area contributed by atoms with Crippen molar-refractivity contribution >= 4 is 13.7 Å². The molecular formula is C43H87N2O6P. The lowest BCUT2D eigenvalue weighted by Gasteiger charge is -2.30. The van der Waals surface area contributed by atoms with Crippen LogP contribution >= 0.6 is 7.82 Å². The van der Waals surface area contributed by atoms with Crippen LogP contribution in [0.2, 0.25) is 0 Å². The van der Waals surface area contributed by atoms with Crippen molar-refractivity contribution in [1.82, 2.24) is 5.32 Å². The van der Waals surface area contributed by atoms with Gasteiger partial charge < -0.3 is 28.8 Å². The van der Waals surface area contributed by atoms with Crippen molar-refractivity contribution in [2.75, 3.05) is 40.9 Å². The highest BCUT2D eigenvalue weighted by molar-refractivity contribution is 7.45. The molecule has 8 nitrogen and oxygen atoms in total. The predicted octanol–water partition coefficient (Wildman–Crippen LogP) is 11.3. The molecule has 0 aliphatic carbocycles. The number of phosphoric acid groups is 1. The summed E-state index contributed by atoms with van der Waals surface area (Å²) in [4.78, 5) is 25.3. The Hall–Kier alpha value is -0.760. The number of nitrogens with zero attached hydrogens (tertiary/aromatic N) is 1. The second-order valence-corrected chi connectivity index (χ2v) is 17.8. The molecule has 0 aromatic heterocycles. The largest absolute Gasteiger partial charge is 0.756 e. The molecule has 0 radical (unpaired) electrons. The minimum atomic E-state index is -4.56. The number of rotatable bonds is 40. The van der Waals surface area contributed by atoms with Crippen LogP contribution < -0.4 is 10.2 Å². The van der Waals surface area contributed by atoms with Gasteiger partial charge in [-0.25, -0.2) is 0 Å². The maximum atomic E-state index is 12.8. The summed E-state index contributed by atoms with van der Waals surface area (Å²) in [5.41, 5.74) is 0. The van der Waals surface area contributed by atoms with Gasteiger partial charge >= 0.3 is 0 Å². The van der Waals surface area contributed by atoms with E-state index in [4.69, 9.17) is 9.05 Å². The highest BCUT2D eigenvalue weighted by Gasteiger charge is 2.24. The molecule has 0 fully saturated rings. The Labute approximate surface area is 322 Å². The summed E-state index contributed by atoms with van der Waals surface area (Å²) in [6.45, 7) is 4.71. The maximum absolute atomic E-state index is 12.8. The molecule has 0 heterocycles. The number of nitrogens with one attached hydrogen (secondary N) is 1. The number of amides is 1. The summed E-state index contributed by atoms with van der Waals surface area (Å²) in [6.07, 6.45) is 39.2. The first-order chi connectivity index (χ1) is 25.0. The molecule has 0 aromatic carbocycles. The van der Waals surface area contributed by atoms with Gasteiger partial charge in [-0.05, 0) is 38.5 Å². The monoisotopic (exact) mass is 759 g/mol. The van der Waals surface area contributed by atoms with Crippen LogP contribution in [0.5, 0.6) is 0 Å². The molecule has 0 saturated carbocycles. The first kappa shape index (κ1) is 51.2. The molecule has 0 spiro atoms. The first-order valence-corrected chi connectivity index (χ1v) is 23.5. The summed E-state index contributed by atoms with van der Waals surface area (Å²) in [5.74, 6) is -0.169. The van der Waals surface area contributed by atoms with Gasteiger partial charge in [0.15, 0.2) is 0 Å². The third-order valence-corrected chi connectivity index (χ3v) is 11.0. The third-order valence-electron chi connectivity index (χ3n) is 10.0. The number of aliphatic hydroxyl groups excluding tert-OH is 1. The lowest BCUT2D eigenvalue weighted by atomic mass is 10.0. The molecule has 1 unspecified atom stereocenters. The summed E-state index contributed by atoms with van der Waals surface area (Å²) < 4.78 is 23.2. The Balaban J connectivity index is 4.36. The first-order valence-electron chi connectivity index (χ1n) is 22.0. The second kappa shape index (κ2) is 35.9. The zero-order valence-corrected chi connectivity index (χ0v) is 35.9. The fourth-order valence-electron chi connectivity index (χ4n) is 6.45. The van der Waals surface area contributed by atoms with Crippen molar-refractivity contribution in [3.8, 4) is 0 Å². The van der Waals surface area contributed by atoms with Crippen LogP contribution in [0.4, 0.5) is 0 Å². The molecule has 0 bridgehead atoms. The van der Waals surface area contributed by atoms with E-state index in [9.17, 15) is 19.4 Å². The van der Waals surface area contributed by atoms with Crippen LogP contribution in [-0.4, -0.2) is 68.5 Å². The van der Waals surface area contributed by atoms with Crippen molar-refractivity contribution in [3.05, 3.63) is 12.2 Å². The number of likely N-dealkylation sites (N-methyl/N-ethyl adjacent to an activating group) is 1. The van der Waals surface area contributed by atoms with Crippen LogP contribution in [0.1, 0.15) is 206 Å². The number of unbranched alkanes of at least 4 members (excludes halogenated alkanes) is 25. The highest BCUT2D eigenvalue weighted by atomic mass is 31.2. The van der Waals surface area contributed by atoms with Gasteiger partial charge in [-0.15, -0.1) is 0 Å². The Kier molecular flexibility index (Phi) is 35.4. The average molecular weight is 759 g/mol. The predicted molar refractivity (Wildman–Crippen MR) is 219 cm³/mol. The highest BCUT2D eigenvalue weighted by Crippen LogP contribution is 2.38. The minimum Gasteiger partial charge on any atom is -0.756 e. The van der Waals surface area contributed by atoms with E-state index in [1.54, 1.807) is 0 Å². The van der Waals surface area contributed by atoms with Crippen molar-refractivity contribution in [3.63, 3.8) is 0 Å². The van der Waals surface area contributed by atoms with E-state index in [1.807, 2.05) is 21.1 Å². The third kappa shape index (κ3) is 37.6. The van der Waals surface area contributed by atoms with Gasteiger partial charge in [0.2, 0.25) is 5.91 Å². The van der Waals surface area contributed by atoms with E-state index in [0.29, 0.717) is 23.9 Å². The van der Waals surface area contributed by atoms with Crippen LogP contribution in [-0.2, 0) is 18.4 Å². The van der Waals surface area contributed by atoms with Gasteiger partial charge in [-0.3, -0.25) is 9.36 Å². The molecule has 2 N–H and O–H groups in total. The number of carbonyl (C=O) groups is 1. The number of allylic oxidation sites excluding steroid dienone is 2. The minimum absolute atomic E-state index is 0.0131. The molecule has 310 valence electrons. The summed E-state index contributed by atoms with van der Waals surface area (Å²) >= 11 is 0. The van der Waals surface area contributed by atoms with E-state index in [2.05, 4.69) is 31.3 Å². The van der Waals surface area contributed by atoms with Gasteiger partial charge in [0, 0.05) is 6.42 Å². The quantitative estimate of drug-likeness (QED) is 0.0279. The fraction of sp³-hybridized carbons (Fsp3) is 0.930. The number of carbonyl (C=O) groups excluding carboxylic acids is 1. The Bertz CT molecular complexity index is 865. The van der Waals surface area contributed by atoms with E-state index >= 15 is 0 Å². The zero-order chi connectivity index (χ0) is 38.6. The van der Waals surface area contributed by atoms with Crippen molar-refractivity contribution < 1.29 is 32.9 Å². The Morgan fingerprint density at radius 1 is 0.654 bits per heavy atom. The zero-order valence-electron chi connectivity index (χ0n) is 35.0. The topological polar surface area (TPSA) is 108 Å². The second-order valence-electron chi connectivity index (χ2n) is 16.4. The summed E-state index contributed by atoms with van der Waals surface area (Å²) in [5, 5.41) is 13.9. The van der Waals surface area contributed by atoms with E-state index < -0.39 is 20.0 Å². The lowest BCUT2D eigenvalue weighted by Crippen LogP contribution is -2.46. The van der Waals surface area contributed by atoms with Gasteiger partial charge in [0.1, 0.15) is 13.2 Å². The van der Waals surface area contributed by atoms with Gasteiger partial charge in [0.25, 0.3) is 7.82 Å². The van der Waals surface area contributed by atoms with Crippen LogP contribution in [0.3, 0.4) is 0 Å². The molecule has 1 amide bonds. The molecule has 9 heteroatoms. The number of quaternary nitrogens is 1. The number of hydrogen-bond donors (Lipinski definition) is 2. The standard InChI is InChI=1S/C43H87N2O6P/c1-6-8-10-12-14-16-18-20-21-22-23-25-27-29-31-33-35-37-43(47)44-41(40-51-52(48,49)50-39-38-45(3,4)5)42(46)36-34-32-30-28-26-24-19-17-15-13-11-9-7-2/h20-21,41-42,46H,6-19,22-40H2,1-5H3,(H-,44,47,48,49)/b21-20+/t41-,42+/m0/s1. The molecule has 0 aliphatic rings. The van der Waals surface area contributed by atoms with Crippen molar-refractivity contribution in [1.29, 1.82) is 0 Å². The van der Waals surface area contributed by atoms with Gasteiger partial charge in [-0.2, -0.15) is 0 Å². The maximum Gasteiger partial charge on any atom is 0.268 e. The number of phosphoric ester groups is 1. The smallest absolute Gasteiger partial charge is 0.268 e. The van der Waals surface area contributed by atoms with Gasteiger partial charge in [-0.1, -0.05) is 174 Å². The number of aliphatic hydroxyl groups is 1. The SMILES string of the molecule is CCCCCCCC/C=C/CCCCCCCCCC(=O)N[C@@H](COP(=O)([O-])OCC[N+](C)(C)C)[C@H](O)CCCCCCCCCCCCCCC. The van der Waals surface area contributed by atoms with Crippen LogP contribution in [0.25, 0.3) is 0 Å². The van der Waals surface area contributed by atoms with Crippen LogP contribution in [0, 0.1) is 0 Å². The van der Waals surface area contributed by atoms with Gasteiger partial charge in [0.05, 0.1) is 39.9 Å². The summed E-state index contributed by atoms with van der Waals surface area (Å²) in [6, 6.07) is -0.797. The molecular weight excluding hydrogens is 671 g/mol. The lowest BCUT2D eigenvalue weighted by molar-refractivity contribution is -0.870.